The second-order valence-electron chi connectivity index (χ2n) is 3.86. The summed E-state index contributed by atoms with van der Waals surface area (Å²) in [5.41, 5.74) is 0.923. The van der Waals surface area contributed by atoms with Crippen LogP contribution in [0.5, 0.6) is 0 Å². The molecule has 17 heavy (non-hydrogen) atoms. The van der Waals surface area contributed by atoms with E-state index in [1.54, 1.807) is 22.1 Å². The Morgan fingerprint density at radius 1 is 1.53 bits per heavy atom. The molecule has 0 bridgehead atoms. The van der Waals surface area contributed by atoms with Crippen molar-refractivity contribution in [3.05, 3.63) is 27.7 Å². The molecule has 0 saturated carbocycles. The lowest BCUT2D eigenvalue weighted by Crippen LogP contribution is -2.06. The quantitative estimate of drug-likeness (QED) is 0.940. The predicted molar refractivity (Wildman–Crippen MR) is 70.6 cm³/mol. The van der Waals surface area contributed by atoms with Crippen LogP contribution in [0.1, 0.15) is 30.4 Å². The average Bonchev–Trinajstić information content (AvgIpc) is 2.82. The van der Waals surface area contributed by atoms with Crippen molar-refractivity contribution < 1.29 is 9.90 Å². The zero-order valence-corrected chi connectivity index (χ0v) is 11.7. The van der Waals surface area contributed by atoms with Gasteiger partial charge in [0.2, 0.25) is 0 Å². The molecule has 1 N–H and O–H groups in total. The van der Waals surface area contributed by atoms with Crippen molar-refractivity contribution in [3.63, 3.8) is 0 Å². The molecule has 2 aromatic heterocycles. The highest BCUT2D eigenvalue weighted by Crippen LogP contribution is 2.32. The highest BCUT2D eigenvalue weighted by atomic mass is 79.9. The molecule has 2 heterocycles. The van der Waals surface area contributed by atoms with Crippen LogP contribution in [-0.2, 0) is 0 Å². The maximum absolute atomic E-state index is 10.9. The number of thiophene rings is 1. The Hall–Kier alpha value is -1.14. The molecule has 0 radical (unpaired) electrons. The van der Waals surface area contributed by atoms with Gasteiger partial charge in [0.05, 0.1) is 14.4 Å². The molecular formula is C11H11BrN2O2S. The lowest BCUT2D eigenvalue weighted by Gasteiger charge is -2.08. The molecule has 90 valence electrons. The zero-order chi connectivity index (χ0) is 12.6. The Bertz CT molecular complexity index is 560. The molecule has 4 nitrogen and oxygen atoms in total. The number of nitrogens with zero attached hydrogens (tertiary/aromatic N) is 2. The van der Waals surface area contributed by atoms with Gasteiger partial charge in [-0.25, -0.2) is 4.79 Å². The first kappa shape index (κ1) is 12.3. The van der Waals surface area contributed by atoms with Crippen LogP contribution in [0.4, 0.5) is 0 Å². The first-order valence-electron chi connectivity index (χ1n) is 5.07. The largest absolute Gasteiger partial charge is 0.476 e. The number of carboxylic acid groups (broad SMARTS) is 1. The molecule has 0 aromatic carbocycles. The molecule has 2 aromatic rings. The number of hydrogen-bond acceptors (Lipinski definition) is 3. The van der Waals surface area contributed by atoms with Crippen molar-refractivity contribution in [1.29, 1.82) is 0 Å². The van der Waals surface area contributed by atoms with Gasteiger partial charge in [0.25, 0.3) is 0 Å². The highest BCUT2D eigenvalue weighted by Gasteiger charge is 2.17. The Balaban J connectivity index is 2.55. The third-order valence-corrected chi connectivity index (χ3v) is 3.92. The molecule has 0 amide bonds. The number of carboxylic acids is 1. The average molecular weight is 315 g/mol. The van der Waals surface area contributed by atoms with Crippen molar-refractivity contribution in [2.45, 2.75) is 19.9 Å². The van der Waals surface area contributed by atoms with Crippen LogP contribution in [0.25, 0.3) is 10.6 Å². The lowest BCUT2D eigenvalue weighted by atomic mass is 10.3. The standard InChI is InChI=1S/C11H11BrN2O2S/c1-6(2)14-8(5-7(13-14)11(15)16)9-3-4-10(12)17-9/h3-6H,1-2H3,(H,15,16). The van der Waals surface area contributed by atoms with Gasteiger partial charge < -0.3 is 5.11 Å². The van der Waals surface area contributed by atoms with Gasteiger partial charge in [-0.3, -0.25) is 4.68 Å². The first-order chi connectivity index (χ1) is 7.99. The minimum atomic E-state index is -0.999. The van der Waals surface area contributed by atoms with E-state index in [1.165, 1.54) is 0 Å². The van der Waals surface area contributed by atoms with E-state index in [2.05, 4.69) is 21.0 Å². The van der Waals surface area contributed by atoms with Gasteiger partial charge in [-0.15, -0.1) is 11.3 Å². The molecule has 0 saturated heterocycles. The first-order valence-corrected chi connectivity index (χ1v) is 6.68. The van der Waals surface area contributed by atoms with Gasteiger partial charge in [0.15, 0.2) is 5.69 Å². The van der Waals surface area contributed by atoms with E-state index in [4.69, 9.17) is 5.11 Å². The van der Waals surface area contributed by atoms with Crippen LogP contribution in [-0.4, -0.2) is 20.9 Å². The van der Waals surface area contributed by atoms with Gasteiger partial charge in [-0.05, 0) is 48.0 Å². The molecule has 0 aliphatic rings. The molecule has 2 rings (SSSR count). The maximum atomic E-state index is 10.9. The summed E-state index contributed by atoms with van der Waals surface area (Å²) in [5.74, 6) is -0.999. The zero-order valence-electron chi connectivity index (χ0n) is 9.35. The van der Waals surface area contributed by atoms with Crippen LogP contribution >= 0.6 is 27.3 Å². The van der Waals surface area contributed by atoms with E-state index in [0.717, 1.165) is 14.4 Å². The summed E-state index contributed by atoms with van der Waals surface area (Å²) >= 11 is 4.96. The van der Waals surface area contributed by atoms with Gasteiger partial charge in [0.1, 0.15) is 0 Å². The number of aromatic nitrogens is 2. The number of rotatable bonds is 3. The highest BCUT2D eigenvalue weighted by molar-refractivity contribution is 9.11. The van der Waals surface area contributed by atoms with Gasteiger partial charge in [-0.1, -0.05) is 0 Å². The Kier molecular flexibility index (Phi) is 3.35. The third kappa shape index (κ3) is 2.42. The number of aromatic carboxylic acids is 1. The molecule has 0 fully saturated rings. The SMILES string of the molecule is CC(C)n1nc(C(=O)O)cc1-c1ccc(Br)s1. The molecule has 0 atom stereocenters. The summed E-state index contributed by atoms with van der Waals surface area (Å²) in [6, 6.07) is 5.63. The molecular weight excluding hydrogens is 304 g/mol. The third-order valence-electron chi connectivity index (χ3n) is 2.27. The molecule has 0 spiro atoms. The van der Waals surface area contributed by atoms with E-state index in [-0.39, 0.29) is 11.7 Å². The van der Waals surface area contributed by atoms with Crippen molar-refractivity contribution in [2.24, 2.45) is 0 Å². The number of hydrogen-bond donors (Lipinski definition) is 1. The van der Waals surface area contributed by atoms with Gasteiger partial charge in [0, 0.05) is 6.04 Å². The Morgan fingerprint density at radius 3 is 2.71 bits per heavy atom. The summed E-state index contributed by atoms with van der Waals surface area (Å²) in [5, 5.41) is 13.1. The van der Waals surface area contributed by atoms with E-state index in [9.17, 15) is 4.79 Å². The minimum absolute atomic E-state index is 0.0817. The Morgan fingerprint density at radius 2 is 2.24 bits per heavy atom. The fourth-order valence-corrected chi connectivity index (χ4v) is 2.92. The summed E-state index contributed by atoms with van der Waals surface area (Å²) < 4.78 is 2.75. The number of carbonyl (C=O) groups is 1. The van der Waals surface area contributed by atoms with E-state index < -0.39 is 5.97 Å². The van der Waals surface area contributed by atoms with Crippen molar-refractivity contribution in [1.82, 2.24) is 9.78 Å². The normalized spacial score (nSPS) is 11.1. The van der Waals surface area contributed by atoms with Crippen molar-refractivity contribution in [3.8, 4) is 10.6 Å². The second kappa shape index (κ2) is 4.62. The molecule has 0 aliphatic carbocycles. The smallest absolute Gasteiger partial charge is 0.356 e. The second-order valence-corrected chi connectivity index (χ2v) is 6.33. The molecule has 0 aliphatic heterocycles. The predicted octanol–water partition coefficient (Wildman–Crippen LogP) is 3.65. The monoisotopic (exact) mass is 314 g/mol. The van der Waals surface area contributed by atoms with Crippen LogP contribution in [0.3, 0.4) is 0 Å². The van der Waals surface area contributed by atoms with Crippen LogP contribution in [0.15, 0.2) is 22.0 Å². The maximum Gasteiger partial charge on any atom is 0.356 e. The fourth-order valence-electron chi connectivity index (χ4n) is 1.53. The molecule has 0 unspecified atom stereocenters. The Labute approximate surface area is 111 Å². The topological polar surface area (TPSA) is 55.1 Å². The van der Waals surface area contributed by atoms with Crippen LogP contribution in [0.2, 0.25) is 0 Å². The summed E-state index contributed by atoms with van der Waals surface area (Å²) in [6.07, 6.45) is 0. The summed E-state index contributed by atoms with van der Waals surface area (Å²) in [4.78, 5) is 11.9. The van der Waals surface area contributed by atoms with Crippen LogP contribution < -0.4 is 0 Å². The van der Waals surface area contributed by atoms with Crippen molar-refractivity contribution >= 4 is 33.2 Å². The van der Waals surface area contributed by atoms with E-state index >= 15 is 0 Å². The van der Waals surface area contributed by atoms with E-state index in [0.29, 0.717) is 0 Å². The van der Waals surface area contributed by atoms with Gasteiger partial charge in [-0.2, -0.15) is 5.10 Å². The van der Waals surface area contributed by atoms with Gasteiger partial charge >= 0.3 is 5.97 Å². The minimum Gasteiger partial charge on any atom is -0.476 e. The fraction of sp³-hybridized carbons (Fsp3) is 0.273. The van der Waals surface area contributed by atoms with Crippen molar-refractivity contribution in [2.75, 3.05) is 0 Å². The van der Waals surface area contributed by atoms with E-state index in [1.807, 2.05) is 26.0 Å². The lowest BCUT2D eigenvalue weighted by molar-refractivity contribution is 0.0689. The summed E-state index contributed by atoms with van der Waals surface area (Å²) in [7, 11) is 0. The summed E-state index contributed by atoms with van der Waals surface area (Å²) in [6.45, 7) is 3.95. The van der Waals surface area contributed by atoms with Crippen LogP contribution in [0, 0.1) is 0 Å². The number of halogens is 1. The molecule has 6 heteroatoms.